The van der Waals surface area contributed by atoms with Gasteiger partial charge in [-0.2, -0.15) is 5.26 Å². The van der Waals surface area contributed by atoms with Gasteiger partial charge in [-0.1, -0.05) is 12.1 Å². The molecule has 0 fully saturated rings. The Morgan fingerprint density at radius 2 is 2.21 bits per heavy atom. The van der Waals surface area contributed by atoms with E-state index in [1.807, 2.05) is 6.07 Å². The minimum atomic E-state index is -0.974. The van der Waals surface area contributed by atoms with E-state index in [1.165, 1.54) is 6.07 Å². The van der Waals surface area contributed by atoms with Gasteiger partial charge in [0.2, 0.25) is 0 Å². The molecule has 0 saturated heterocycles. The van der Waals surface area contributed by atoms with Gasteiger partial charge in [0, 0.05) is 0 Å². The van der Waals surface area contributed by atoms with Crippen LogP contribution in [-0.4, -0.2) is 0 Å². The topological polar surface area (TPSA) is 61.8 Å². The molecule has 0 spiro atoms. The van der Waals surface area contributed by atoms with Crippen LogP contribution in [0.1, 0.15) is 18.1 Å². The summed E-state index contributed by atoms with van der Waals surface area (Å²) in [6.45, 7) is 3.28. The van der Waals surface area contributed by atoms with E-state index < -0.39 is 5.54 Å². The fraction of sp³-hybridized carbons (Fsp3) is 0.300. The maximum absolute atomic E-state index is 13.0. The van der Waals surface area contributed by atoms with Crippen LogP contribution >= 0.6 is 0 Å². The standard InChI is InChI=1S/C10H12FN3/c1-7-5-8(3-4-9(7)11)10(2,6-12)14-13/h3-5,14H,13H2,1-2H3. The van der Waals surface area contributed by atoms with Gasteiger partial charge in [0.25, 0.3) is 0 Å². The minimum absolute atomic E-state index is 0.286. The molecule has 4 heteroatoms. The molecule has 0 radical (unpaired) electrons. The van der Waals surface area contributed by atoms with Crippen LogP contribution in [0.2, 0.25) is 0 Å². The molecule has 0 saturated carbocycles. The van der Waals surface area contributed by atoms with Crippen molar-refractivity contribution in [3.05, 3.63) is 35.1 Å². The summed E-state index contributed by atoms with van der Waals surface area (Å²) in [6, 6.07) is 6.52. The second-order valence-corrected chi connectivity index (χ2v) is 3.35. The van der Waals surface area contributed by atoms with Crippen LogP contribution in [0, 0.1) is 24.1 Å². The van der Waals surface area contributed by atoms with E-state index in [-0.39, 0.29) is 5.82 Å². The van der Waals surface area contributed by atoms with Crippen molar-refractivity contribution in [1.29, 1.82) is 5.26 Å². The van der Waals surface area contributed by atoms with E-state index in [1.54, 1.807) is 26.0 Å². The van der Waals surface area contributed by atoms with Crippen molar-refractivity contribution in [3.63, 3.8) is 0 Å². The summed E-state index contributed by atoms with van der Waals surface area (Å²) in [7, 11) is 0. The Morgan fingerprint density at radius 1 is 1.57 bits per heavy atom. The first kappa shape index (κ1) is 10.6. The Morgan fingerprint density at radius 3 is 2.64 bits per heavy atom. The number of hydrogen-bond acceptors (Lipinski definition) is 3. The first-order valence-electron chi connectivity index (χ1n) is 4.19. The maximum atomic E-state index is 13.0. The van der Waals surface area contributed by atoms with Gasteiger partial charge in [-0.3, -0.25) is 5.84 Å². The van der Waals surface area contributed by atoms with Crippen LogP contribution in [0.4, 0.5) is 4.39 Å². The van der Waals surface area contributed by atoms with E-state index in [9.17, 15) is 4.39 Å². The molecule has 0 aliphatic rings. The molecule has 0 bridgehead atoms. The van der Waals surface area contributed by atoms with Gasteiger partial charge >= 0.3 is 0 Å². The van der Waals surface area contributed by atoms with Crippen LogP contribution in [0.3, 0.4) is 0 Å². The van der Waals surface area contributed by atoms with Gasteiger partial charge in [-0.25, -0.2) is 9.82 Å². The number of hydrogen-bond donors (Lipinski definition) is 2. The van der Waals surface area contributed by atoms with Crippen molar-refractivity contribution in [3.8, 4) is 6.07 Å². The molecular formula is C10H12FN3. The van der Waals surface area contributed by atoms with Crippen LogP contribution in [0.25, 0.3) is 0 Å². The number of aryl methyl sites for hydroxylation is 1. The first-order chi connectivity index (χ1) is 6.53. The van der Waals surface area contributed by atoms with E-state index in [0.717, 1.165) is 0 Å². The number of rotatable bonds is 2. The summed E-state index contributed by atoms with van der Waals surface area (Å²) in [6.07, 6.45) is 0. The zero-order valence-electron chi connectivity index (χ0n) is 8.13. The molecule has 1 unspecified atom stereocenters. The van der Waals surface area contributed by atoms with Crippen molar-refractivity contribution >= 4 is 0 Å². The normalized spacial score (nSPS) is 14.5. The number of nitriles is 1. The Labute approximate surface area is 82.3 Å². The quantitative estimate of drug-likeness (QED) is 0.550. The molecule has 0 amide bonds. The molecule has 0 heterocycles. The van der Waals surface area contributed by atoms with Crippen LogP contribution in [-0.2, 0) is 5.54 Å². The molecule has 1 aromatic rings. The molecular weight excluding hydrogens is 181 g/mol. The molecule has 0 aliphatic heterocycles. The third-order valence-electron chi connectivity index (χ3n) is 2.25. The third kappa shape index (κ3) is 1.74. The Balaban J connectivity index is 3.21. The van der Waals surface area contributed by atoms with Crippen LogP contribution in [0.15, 0.2) is 18.2 Å². The molecule has 3 nitrogen and oxygen atoms in total. The first-order valence-corrected chi connectivity index (χ1v) is 4.19. The predicted molar refractivity (Wildman–Crippen MR) is 51.4 cm³/mol. The van der Waals surface area contributed by atoms with Crippen molar-refractivity contribution in [2.75, 3.05) is 0 Å². The minimum Gasteiger partial charge on any atom is -0.270 e. The number of hydrazine groups is 1. The molecule has 0 aliphatic carbocycles. The molecule has 14 heavy (non-hydrogen) atoms. The third-order valence-corrected chi connectivity index (χ3v) is 2.25. The lowest BCUT2D eigenvalue weighted by molar-refractivity contribution is 0.480. The Bertz CT molecular complexity index is 383. The molecule has 1 aromatic carbocycles. The Hall–Kier alpha value is -1.44. The van der Waals surface area contributed by atoms with E-state index in [2.05, 4.69) is 5.43 Å². The van der Waals surface area contributed by atoms with E-state index >= 15 is 0 Å². The predicted octanol–water partition coefficient (Wildman–Crippen LogP) is 1.34. The number of halogens is 1. The average Bonchev–Trinajstić information content (AvgIpc) is 2.21. The summed E-state index contributed by atoms with van der Waals surface area (Å²) < 4.78 is 13.0. The smallest absolute Gasteiger partial charge is 0.141 e. The van der Waals surface area contributed by atoms with Crippen molar-refractivity contribution in [1.82, 2.24) is 5.43 Å². The summed E-state index contributed by atoms with van der Waals surface area (Å²) >= 11 is 0. The lowest BCUT2D eigenvalue weighted by atomic mass is 9.93. The second kappa shape index (κ2) is 3.74. The van der Waals surface area contributed by atoms with E-state index in [0.29, 0.717) is 11.1 Å². The molecule has 3 N–H and O–H groups in total. The largest absolute Gasteiger partial charge is 0.270 e. The lowest BCUT2D eigenvalue weighted by Crippen LogP contribution is -2.43. The zero-order chi connectivity index (χ0) is 10.8. The average molecular weight is 193 g/mol. The molecule has 74 valence electrons. The summed E-state index contributed by atoms with van der Waals surface area (Å²) in [5.74, 6) is 4.99. The number of nitrogens with two attached hydrogens (primary N) is 1. The highest BCUT2D eigenvalue weighted by atomic mass is 19.1. The fourth-order valence-electron chi connectivity index (χ4n) is 1.14. The van der Waals surface area contributed by atoms with Gasteiger partial charge in [-0.15, -0.1) is 0 Å². The summed E-state index contributed by atoms with van der Waals surface area (Å²) in [4.78, 5) is 0. The lowest BCUT2D eigenvalue weighted by Gasteiger charge is -2.21. The van der Waals surface area contributed by atoms with E-state index in [4.69, 9.17) is 11.1 Å². The van der Waals surface area contributed by atoms with Gasteiger partial charge < -0.3 is 0 Å². The maximum Gasteiger partial charge on any atom is 0.141 e. The summed E-state index contributed by atoms with van der Waals surface area (Å²) in [5, 5.41) is 8.91. The van der Waals surface area contributed by atoms with Gasteiger partial charge in [-0.05, 0) is 31.0 Å². The number of nitrogens with zero attached hydrogens (tertiary/aromatic N) is 1. The molecule has 1 rings (SSSR count). The fourth-order valence-corrected chi connectivity index (χ4v) is 1.14. The van der Waals surface area contributed by atoms with Crippen LogP contribution < -0.4 is 11.3 Å². The van der Waals surface area contributed by atoms with Gasteiger partial charge in [0.05, 0.1) is 6.07 Å². The van der Waals surface area contributed by atoms with Crippen LogP contribution in [0.5, 0.6) is 0 Å². The monoisotopic (exact) mass is 193 g/mol. The van der Waals surface area contributed by atoms with Crippen molar-refractivity contribution in [2.24, 2.45) is 5.84 Å². The van der Waals surface area contributed by atoms with Crippen molar-refractivity contribution in [2.45, 2.75) is 19.4 Å². The highest BCUT2D eigenvalue weighted by Crippen LogP contribution is 2.21. The summed E-state index contributed by atoms with van der Waals surface area (Å²) in [5.41, 5.74) is 2.59. The molecule has 1 atom stereocenters. The highest BCUT2D eigenvalue weighted by Gasteiger charge is 2.24. The molecule has 0 aromatic heterocycles. The van der Waals surface area contributed by atoms with Gasteiger partial charge in [0.15, 0.2) is 0 Å². The number of nitrogens with one attached hydrogen (secondary N) is 1. The van der Waals surface area contributed by atoms with Crippen molar-refractivity contribution < 1.29 is 4.39 Å². The SMILES string of the molecule is Cc1cc(C(C)(C#N)NN)ccc1F. The number of benzene rings is 1. The Kier molecular flexibility index (Phi) is 2.84. The second-order valence-electron chi connectivity index (χ2n) is 3.35. The van der Waals surface area contributed by atoms with Gasteiger partial charge in [0.1, 0.15) is 11.4 Å². The highest BCUT2D eigenvalue weighted by molar-refractivity contribution is 5.33. The zero-order valence-corrected chi connectivity index (χ0v) is 8.13.